The molecule has 0 spiro atoms. The summed E-state index contributed by atoms with van der Waals surface area (Å²) in [5.41, 5.74) is 1.73. The van der Waals surface area contributed by atoms with E-state index in [9.17, 15) is 18.7 Å². The van der Waals surface area contributed by atoms with Gasteiger partial charge in [0, 0.05) is 24.5 Å². The van der Waals surface area contributed by atoms with Gasteiger partial charge in [0.15, 0.2) is 11.6 Å². The van der Waals surface area contributed by atoms with E-state index in [0.717, 1.165) is 55.9 Å². The number of benzene rings is 2. The summed E-state index contributed by atoms with van der Waals surface area (Å²) < 4.78 is 48.2. The molecule has 0 bridgehead atoms. The molecule has 1 aliphatic rings. The quantitative estimate of drug-likeness (QED) is 0.233. The van der Waals surface area contributed by atoms with Crippen molar-refractivity contribution >= 4 is 16.9 Å². The minimum absolute atomic E-state index is 0.0989. The number of nitrogens with zero attached hydrogens (tertiary/aromatic N) is 2. The fourth-order valence-electron chi connectivity index (χ4n) is 5.83. The predicted molar refractivity (Wildman–Crippen MR) is 146 cm³/mol. The lowest BCUT2D eigenvalue weighted by Crippen LogP contribution is -2.41. The molecular weight excluding hydrogens is 505 g/mol. The minimum Gasteiger partial charge on any atom is -0.497 e. The summed E-state index contributed by atoms with van der Waals surface area (Å²) in [5.74, 6) is -1.31. The number of ether oxygens (including phenoxy) is 1. The first-order chi connectivity index (χ1) is 18.9. The maximum absolute atomic E-state index is 15.5. The standard InChI is InChI=1S/C31H37F3N2O3/c1-39-24-10-12-29-26(19-24)25(14-16-35-29)27(32)11-8-21-15-18-36(20-23(21)9-13-30(37)38)17-3-2-5-22-6-4-7-28(33)31(22)34/h4,6-7,10,12,14,16,19,21,23,27H,2-3,5,8-9,11,13,15,17-18,20H2,1H3,(H,37,38)/t21-,23+,27?/m1/s1. The van der Waals surface area contributed by atoms with Crippen molar-refractivity contribution in [3.05, 3.63) is 71.4 Å². The number of aromatic nitrogens is 1. The Kier molecular flexibility index (Phi) is 10.2. The third kappa shape index (κ3) is 7.72. The third-order valence-corrected chi connectivity index (χ3v) is 8.02. The summed E-state index contributed by atoms with van der Waals surface area (Å²) in [6.07, 6.45) is 5.16. The van der Waals surface area contributed by atoms with Crippen molar-refractivity contribution in [3.8, 4) is 5.75 Å². The van der Waals surface area contributed by atoms with Crippen LogP contribution in [0.4, 0.5) is 13.2 Å². The number of pyridine rings is 1. The van der Waals surface area contributed by atoms with Crippen LogP contribution < -0.4 is 4.74 Å². The second kappa shape index (κ2) is 13.8. The Labute approximate surface area is 228 Å². The fraction of sp³-hybridized carbons (Fsp3) is 0.484. The topological polar surface area (TPSA) is 62.7 Å². The molecule has 39 heavy (non-hydrogen) atoms. The van der Waals surface area contributed by atoms with Crippen LogP contribution in [0.25, 0.3) is 10.9 Å². The Morgan fingerprint density at radius 1 is 1.15 bits per heavy atom. The van der Waals surface area contributed by atoms with E-state index in [1.807, 2.05) is 18.2 Å². The number of unbranched alkanes of at least 4 members (excludes halogenated alkanes) is 1. The van der Waals surface area contributed by atoms with Crippen LogP contribution in [-0.2, 0) is 11.2 Å². The molecule has 0 amide bonds. The van der Waals surface area contributed by atoms with Crippen molar-refractivity contribution in [1.29, 1.82) is 0 Å². The predicted octanol–water partition coefficient (Wildman–Crippen LogP) is 7.14. The van der Waals surface area contributed by atoms with E-state index in [0.29, 0.717) is 42.6 Å². The number of carboxylic acid groups (broad SMARTS) is 1. The van der Waals surface area contributed by atoms with Crippen molar-refractivity contribution in [2.24, 2.45) is 11.8 Å². The first kappa shape index (κ1) is 28.9. The molecule has 1 aromatic heterocycles. The Bertz CT molecular complexity index is 1250. The number of rotatable bonds is 13. The van der Waals surface area contributed by atoms with E-state index in [2.05, 4.69) is 9.88 Å². The van der Waals surface area contributed by atoms with Crippen molar-refractivity contribution in [2.75, 3.05) is 26.7 Å². The molecule has 0 aliphatic carbocycles. The first-order valence-corrected chi connectivity index (χ1v) is 13.8. The van der Waals surface area contributed by atoms with Gasteiger partial charge in [0.05, 0.1) is 12.6 Å². The molecular formula is C31H37F3N2O3. The van der Waals surface area contributed by atoms with Crippen LogP contribution in [0.2, 0.25) is 0 Å². The maximum atomic E-state index is 15.5. The van der Waals surface area contributed by atoms with E-state index in [1.54, 1.807) is 25.4 Å². The number of alkyl halides is 1. The van der Waals surface area contributed by atoms with Gasteiger partial charge >= 0.3 is 5.97 Å². The van der Waals surface area contributed by atoms with Gasteiger partial charge in [-0.3, -0.25) is 9.78 Å². The zero-order chi connectivity index (χ0) is 27.8. The van der Waals surface area contributed by atoms with Crippen molar-refractivity contribution in [2.45, 2.75) is 57.5 Å². The van der Waals surface area contributed by atoms with Crippen molar-refractivity contribution < 1.29 is 27.8 Å². The van der Waals surface area contributed by atoms with Gasteiger partial charge in [-0.15, -0.1) is 0 Å². The number of carboxylic acids is 1. The Morgan fingerprint density at radius 3 is 2.79 bits per heavy atom. The molecule has 8 heteroatoms. The molecule has 2 heterocycles. The number of aryl methyl sites for hydroxylation is 1. The van der Waals surface area contributed by atoms with Gasteiger partial charge in [-0.25, -0.2) is 13.2 Å². The van der Waals surface area contributed by atoms with E-state index in [4.69, 9.17) is 4.74 Å². The molecule has 5 nitrogen and oxygen atoms in total. The van der Waals surface area contributed by atoms with Crippen LogP contribution in [0.1, 0.15) is 62.2 Å². The average Bonchev–Trinajstić information content (AvgIpc) is 2.94. The molecule has 1 fully saturated rings. The number of methoxy groups -OCH3 is 1. The third-order valence-electron chi connectivity index (χ3n) is 8.02. The van der Waals surface area contributed by atoms with E-state index in [1.165, 1.54) is 6.07 Å². The number of carbonyl (C=O) groups is 1. The molecule has 1 unspecified atom stereocenters. The van der Waals surface area contributed by atoms with Gasteiger partial charge in [-0.1, -0.05) is 12.1 Å². The molecule has 1 aliphatic heterocycles. The number of aliphatic carboxylic acids is 1. The van der Waals surface area contributed by atoms with Crippen LogP contribution in [0.5, 0.6) is 5.75 Å². The van der Waals surface area contributed by atoms with Crippen LogP contribution in [-0.4, -0.2) is 47.7 Å². The molecule has 2 aromatic carbocycles. The number of hydrogen-bond donors (Lipinski definition) is 1. The second-order valence-electron chi connectivity index (χ2n) is 10.5. The number of halogens is 3. The lowest BCUT2D eigenvalue weighted by atomic mass is 9.79. The molecule has 210 valence electrons. The summed E-state index contributed by atoms with van der Waals surface area (Å²) in [5, 5.41) is 10.0. The largest absolute Gasteiger partial charge is 0.497 e. The smallest absolute Gasteiger partial charge is 0.303 e. The summed E-state index contributed by atoms with van der Waals surface area (Å²) in [7, 11) is 1.58. The van der Waals surface area contributed by atoms with Gasteiger partial charge in [0.25, 0.3) is 0 Å². The highest BCUT2D eigenvalue weighted by molar-refractivity contribution is 5.83. The number of likely N-dealkylation sites (tertiary alicyclic amines) is 1. The van der Waals surface area contributed by atoms with Gasteiger partial charge in [-0.2, -0.15) is 0 Å². The SMILES string of the molecule is COc1ccc2nccc(C(F)CC[C@@H]3CCN(CCCCc4cccc(F)c4F)C[C@@H]3CCC(=O)O)c2c1. The lowest BCUT2D eigenvalue weighted by Gasteiger charge is -2.39. The summed E-state index contributed by atoms with van der Waals surface area (Å²) in [6, 6.07) is 11.5. The first-order valence-electron chi connectivity index (χ1n) is 13.8. The molecule has 4 rings (SSSR count). The summed E-state index contributed by atoms with van der Waals surface area (Å²) in [4.78, 5) is 18.0. The fourth-order valence-corrected chi connectivity index (χ4v) is 5.83. The van der Waals surface area contributed by atoms with E-state index in [-0.39, 0.29) is 18.3 Å². The summed E-state index contributed by atoms with van der Waals surface area (Å²) >= 11 is 0. The lowest BCUT2D eigenvalue weighted by molar-refractivity contribution is -0.137. The highest BCUT2D eigenvalue weighted by atomic mass is 19.2. The number of piperidine rings is 1. The summed E-state index contributed by atoms with van der Waals surface area (Å²) in [6.45, 7) is 2.47. The number of hydrogen-bond acceptors (Lipinski definition) is 4. The van der Waals surface area contributed by atoms with Crippen LogP contribution in [0.15, 0.2) is 48.7 Å². The van der Waals surface area contributed by atoms with E-state index < -0.39 is 23.8 Å². The normalized spacial score (nSPS) is 18.8. The van der Waals surface area contributed by atoms with Crippen LogP contribution in [0, 0.1) is 23.5 Å². The highest BCUT2D eigenvalue weighted by Gasteiger charge is 2.30. The Hall–Kier alpha value is -3.13. The molecule has 3 aromatic rings. The van der Waals surface area contributed by atoms with Crippen molar-refractivity contribution in [3.63, 3.8) is 0 Å². The van der Waals surface area contributed by atoms with E-state index >= 15 is 4.39 Å². The molecule has 0 saturated carbocycles. The monoisotopic (exact) mass is 542 g/mol. The van der Waals surface area contributed by atoms with Gasteiger partial charge in [-0.05, 0) is 111 Å². The number of fused-ring (bicyclic) bond motifs is 1. The average molecular weight is 543 g/mol. The van der Waals surface area contributed by atoms with Crippen LogP contribution >= 0.6 is 0 Å². The van der Waals surface area contributed by atoms with Gasteiger partial charge in [0.1, 0.15) is 11.9 Å². The molecule has 0 radical (unpaired) electrons. The zero-order valence-corrected chi connectivity index (χ0v) is 22.4. The maximum Gasteiger partial charge on any atom is 0.303 e. The molecule has 1 N–H and O–H groups in total. The molecule has 3 atom stereocenters. The van der Waals surface area contributed by atoms with Crippen LogP contribution in [0.3, 0.4) is 0 Å². The zero-order valence-electron chi connectivity index (χ0n) is 22.4. The molecule has 1 saturated heterocycles. The Morgan fingerprint density at radius 2 is 2.00 bits per heavy atom. The minimum atomic E-state index is -1.15. The second-order valence-corrected chi connectivity index (χ2v) is 10.5. The van der Waals surface area contributed by atoms with Crippen molar-refractivity contribution in [1.82, 2.24) is 9.88 Å². The van der Waals surface area contributed by atoms with Gasteiger partial charge < -0.3 is 14.7 Å². The van der Waals surface area contributed by atoms with Gasteiger partial charge in [0.2, 0.25) is 0 Å². The highest BCUT2D eigenvalue weighted by Crippen LogP contribution is 2.36. The Balaban J connectivity index is 1.32.